The number of rotatable bonds is 2. The minimum atomic E-state index is -0.204. The molecule has 5 fully saturated rings. The maximum atomic E-state index is 6.62. The predicted molar refractivity (Wildman–Crippen MR) is 85.2 cm³/mol. The van der Waals surface area contributed by atoms with Crippen LogP contribution in [0.15, 0.2) is 12.7 Å². The molecule has 0 aromatic rings. The van der Waals surface area contributed by atoms with Crippen molar-refractivity contribution >= 4 is 0 Å². The zero-order valence-corrected chi connectivity index (χ0v) is 14.2. The number of hydrogen-bond donors (Lipinski definition) is 0. The highest BCUT2D eigenvalue weighted by atomic mass is 17.2. The van der Waals surface area contributed by atoms with Crippen molar-refractivity contribution in [1.82, 2.24) is 0 Å². The van der Waals surface area contributed by atoms with Crippen molar-refractivity contribution < 1.29 is 14.5 Å². The molecule has 5 rings (SSSR count). The summed E-state index contributed by atoms with van der Waals surface area (Å²) in [5.74, 6) is 2.35. The molecule has 3 saturated heterocycles. The fourth-order valence-corrected chi connectivity index (χ4v) is 5.97. The molecule has 0 aromatic heterocycles. The van der Waals surface area contributed by atoms with Crippen LogP contribution in [0.3, 0.4) is 0 Å². The molecule has 3 nitrogen and oxygen atoms in total. The Hall–Kier alpha value is -0.380. The van der Waals surface area contributed by atoms with Crippen molar-refractivity contribution in [2.75, 3.05) is 0 Å². The van der Waals surface area contributed by atoms with Gasteiger partial charge < -0.3 is 4.74 Å². The Kier molecular flexibility index (Phi) is 3.49. The van der Waals surface area contributed by atoms with Gasteiger partial charge in [0.15, 0.2) is 0 Å². The highest BCUT2D eigenvalue weighted by Crippen LogP contribution is 2.61. The summed E-state index contributed by atoms with van der Waals surface area (Å²) in [6.45, 7) is 10.9. The standard InChI is InChI=1S/C19H30O3/c1-5-6-16-13(3)15-8-7-12(2)14-9-10-18(4)11-17(20-16)19(14,15)22-21-18/h5,12-17H,1,6-11H2,2-4H3/t12-,13-,14+,15+,16-,17-,18+,19-/m1/s1. The largest absolute Gasteiger partial charge is 0.371 e. The second-order valence-electron chi connectivity index (χ2n) is 8.53. The van der Waals surface area contributed by atoms with Crippen LogP contribution in [0, 0.1) is 23.7 Å². The van der Waals surface area contributed by atoms with E-state index in [4.69, 9.17) is 14.5 Å². The molecule has 2 bridgehead atoms. The summed E-state index contributed by atoms with van der Waals surface area (Å²) in [6, 6.07) is 0. The Labute approximate surface area is 134 Å². The van der Waals surface area contributed by atoms with Gasteiger partial charge in [0.2, 0.25) is 0 Å². The first-order valence-electron chi connectivity index (χ1n) is 9.13. The fourth-order valence-electron chi connectivity index (χ4n) is 5.97. The van der Waals surface area contributed by atoms with E-state index in [0.29, 0.717) is 29.8 Å². The minimum Gasteiger partial charge on any atom is -0.371 e. The second kappa shape index (κ2) is 5.06. The molecule has 3 aliphatic heterocycles. The minimum absolute atomic E-state index is 0.170. The monoisotopic (exact) mass is 306 g/mol. The summed E-state index contributed by atoms with van der Waals surface area (Å²) in [6.07, 6.45) is 9.28. The van der Waals surface area contributed by atoms with Crippen LogP contribution in [-0.2, 0) is 14.5 Å². The molecule has 1 spiro atoms. The van der Waals surface area contributed by atoms with Crippen LogP contribution in [-0.4, -0.2) is 23.4 Å². The summed E-state index contributed by atoms with van der Waals surface area (Å²) in [4.78, 5) is 12.3. The van der Waals surface area contributed by atoms with Crippen LogP contribution in [0.25, 0.3) is 0 Å². The van der Waals surface area contributed by atoms with Crippen LogP contribution in [0.5, 0.6) is 0 Å². The quantitative estimate of drug-likeness (QED) is 0.563. The first-order chi connectivity index (χ1) is 10.5. The van der Waals surface area contributed by atoms with Crippen LogP contribution in [0.2, 0.25) is 0 Å². The van der Waals surface area contributed by atoms with Crippen molar-refractivity contribution in [3.05, 3.63) is 12.7 Å². The average Bonchev–Trinajstić information content (AvgIpc) is 2.71. The Morgan fingerprint density at radius 2 is 1.95 bits per heavy atom. The summed E-state index contributed by atoms with van der Waals surface area (Å²) in [5, 5.41) is 0. The van der Waals surface area contributed by atoms with Gasteiger partial charge in [0.1, 0.15) is 11.2 Å². The SMILES string of the molecule is C=CC[C@H]1O[C@@H]2C[C@]3(C)CC[C@H]4[C@H](C)CC[C@@H]([C@H]1C)[C@@]24OO3. The van der Waals surface area contributed by atoms with Crippen molar-refractivity contribution in [2.45, 2.75) is 82.7 Å². The van der Waals surface area contributed by atoms with Crippen molar-refractivity contribution in [1.29, 1.82) is 0 Å². The predicted octanol–water partition coefficient (Wildman–Crippen LogP) is 4.27. The van der Waals surface area contributed by atoms with Gasteiger partial charge in [-0.3, -0.25) is 0 Å². The van der Waals surface area contributed by atoms with Gasteiger partial charge >= 0.3 is 0 Å². The zero-order chi connectivity index (χ0) is 15.5. The van der Waals surface area contributed by atoms with Crippen molar-refractivity contribution in [2.24, 2.45) is 23.7 Å². The van der Waals surface area contributed by atoms with E-state index in [0.717, 1.165) is 19.3 Å². The molecular weight excluding hydrogens is 276 g/mol. The van der Waals surface area contributed by atoms with E-state index in [1.807, 2.05) is 6.08 Å². The lowest BCUT2D eigenvalue weighted by Gasteiger charge is -2.61. The fraction of sp³-hybridized carbons (Fsp3) is 0.895. The van der Waals surface area contributed by atoms with Gasteiger partial charge in [-0.25, -0.2) is 9.78 Å². The summed E-state index contributed by atoms with van der Waals surface area (Å²) in [5.41, 5.74) is -0.373. The molecule has 0 aromatic carbocycles. The molecule has 5 aliphatic rings. The van der Waals surface area contributed by atoms with Gasteiger partial charge in [-0.2, -0.15) is 0 Å². The Morgan fingerprint density at radius 3 is 2.73 bits per heavy atom. The Bertz CT molecular complexity index is 464. The van der Waals surface area contributed by atoms with Gasteiger partial charge in [-0.05, 0) is 62.7 Å². The third-order valence-electron chi connectivity index (χ3n) is 7.23. The molecule has 22 heavy (non-hydrogen) atoms. The molecule has 3 heterocycles. The lowest BCUT2D eigenvalue weighted by molar-refractivity contribution is -0.487. The van der Waals surface area contributed by atoms with E-state index in [2.05, 4.69) is 27.4 Å². The molecule has 2 aliphatic carbocycles. The topological polar surface area (TPSA) is 27.7 Å². The summed E-state index contributed by atoms with van der Waals surface area (Å²) < 4.78 is 6.62. The lowest BCUT2D eigenvalue weighted by atomic mass is 9.56. The maximum absolute atomic E-state index is 6.62. The van der Waals surface area contributed by atoms with Crippen molar-refractivity contribution in [3.63, 3.8) is 0 Å². The molecule has 3 heteroatoms. The molecule has 8 atom stereocenters. The molecular formula is C19H30O3. The van der Waals surface area contributed by atoms with Gasteiger partial charge in [0, 0.05) is 6.42 Å². The molecule has 0 amide bonds. The van der Waals surface area contributed by atoms with Gasteiger partial charge in [-0.15, -0.1) is 6.58 Å². The van der Waals surface area contributed by atoms with Gasteiger partial charge in [0.25, 0.3) is 0 Å². The highest BCUT2D eigenvalue weighted by Gasteiger charge is 2.67. The van der Waals surface area contributed by atoms with E-state index in [1.165, 1.54) is 19.3 Å². The van der Waals surface area contributed by atoms with E-state index in [9.17, 15) is 0 Å². The highest BCUT2D eigenvalue weighted by molar-refractivity contribution is 5.14. The van der Waals surface area contributed by atoms with Crippen LogP contribution in [0.1, 0.15) is 59.3 Å². The number of fused-ring (bicyclic) bond motifs is 2. The molecule has 2 saturated carbocycles. The van der Waals surface area contributed by atoms with Crippen LogP contribution in [0.4, 0.5) is 0 Å². The normalized spacial score (nSPS) is 57.0. The van der Waals surface area contributed by atoms with Crippen molar-refractivity contribution in [3.8, 4) is 0 Å². The van der Waals surface area contributed by atoms with Gasteiger partial charge in [-0.1, -0.05) is 19.9 Å². The number of ether oxygens (including phenoxy) is 1. The van der Waals surface area contributed by atoms with E-state index in [1.54, 1.807) is 0 Å². The zero-order valence-electron chi connectivity index (χ0n) is 14.2. The first kappa shape index (κ1) is 15.2. The Balaban J connectivity index is 1.77. The summed E-state index contributed by atoms with van der Waals surface area (Å²) in [7, 11) is 0. The van der Waals surface area contributed by atoms with E-state index < -0.39 is 0 Å². The Morgan fingerprint density at radius 1 is 1.14 bits per heavy atom. The summed E-state index contributed by atoms with van der Waals surface area (Å²) >= 11 is 0. The van der Waals surface area contributed by atoms with E-state index in [-0.39, 0.29) is 17.3 Å². The second-order valence-corrected chi connectivity index (χ2v) is 8.53. The van der Waals surface area contributed by atoms with Gasteiger partial charge in [0.05, 0.1) is 12.2 Å². The van der Waals surface area contributed by atoms with E-state index >= 15 is 0 Å². The number of hydrogen-bond acceptors (Lipinski definition) is 3. The molecule has 124 valence electrons. The third kappa shape index (κ3) is 1.91. The molecule has 0 N–H and O–H groups in total. The molecule has 0 unspecified atom stereocenters. The first-order valence-corrected chi connectivity index (χ1v) is 9.13. The smallest absolute Gasteiger partial charge is 0.136 e. The third-order valence-corrected chi connectivity index (χ3v) is 7.23. The average molecular weight is 306 g/mol. The molecule has 0 radical (unpaired) electrons. The van der Waals surface area contributed by atoms with Crippen LogP contribution < -0.4 is 0 Å². The maximum Gasteiger partial charge on any atom is 0.136 e. The lowest BCUT2D eigenvalue weighted by Crippen LogP contribution is -2.69. The van der Waals surface area contributed by atoms with Crippen LogP contribution >= 0.6 is 0 Å².